The molecule has 0 spiro atoms. The van der Waals surface area contributed by atoms with Crippen molar-refractivity contribution < 1.29 is 9.59 Å². The van der Waals surface area contributed by atoms with E-state index in [2.05, 4.69) is 6.58 Å². The number of Topliss-reactive ketones (excluding diaryl/α,β-unsaturated/α-hetero) is 1. The summed E-state index contributed by atoms with van der Waals surface area (Å²) in [4.78, 5) is 25.0. The van der Waals surface area contributed by atoms with Crippen LogP contribution in [-0.4, -0.2) is 24.1 Å². The molecule has 0 aliphatic carbocycles. The molecule has 0 radical (unpaired) electrons. The van der Waals surface area contributed by atoms with Crippen molar-refractivity contribution in [2.45, 2.75) is 0 Å². The van der Waals surface area contributed by atoms with Crippen molar-refractivity contribution >= 4 is 52.2 Å². The predicted molar refractivity (Wildman–Crippen MR) is 73.0 cm³/mol. The molecule has 94 valence electrons. The molecular weight excluding hydrogens is 296 g/mol. The largest absolute Gasteiger partial charge is 0.299 e. The summed E-state index contributed by atoms with van der Waals surface area (Å²) in [5.41, 5.74) is 1.10. The molecule has 1 aliphatic heterocycles. The van der Waals surface area contributed by atoms with Crippen LogP contribution in [0.15, 0.2) is 24.3 Å². The molecule has 3 nitrogen and oxygen atoms in total. The second kappa shape index (κ2) is 4.92. The number of benzene rings is 1. The smallest absolute Gasteiger partial charge is 0.299 e. The third-order valence-corrected chi connectivity index (χ3v) is 3.58. The standard InChI is InChI=1S/C12H8Cl3NO2/c1-6(4-13)5-16-10-8(15)3-2-7(14)9(10)11(17)12(16)18/h2-3H,1,4-5H2. The van der Waals surface area contributed by atoms with Gasteiger partial charge in [-0.2, -0.15) is 0 Å². The molecule has 0 fully saturated rings. The van der Waals surface area contributed by atoms with Crippen LogP contribution in [0, 0.1) is 0 Å². The minimum absolute atomic E-state index is 0.150. The second-order valence-corrected chi connectivity index (χ2v) is 4.94. The molecule has 6 heteroatoms. The summed E-state index contributed by atoms with van der Waals surface area (Å²) >= 11 is 17.6. The minimum Gasteiger partial charge on any atom is -0.299 e. The average molecular weight is 305 g/mol. The van der Waals surface area contributed by atoms with E-state index in [-0.39, 0.29) is 23.0 Å². The molecule has 0 saturated heterocycles. The van der Waals surface area contributed by atoms with E-state index in [4.69, 9.17) is 34.8 Å². The maximum Gasteiger partial charge on any atom is 0.299 e. The Morgan fingerprint density at radius 1 is 1.22 bits per heavy atom. The number of amides is 1. The number of ketones is 1. The number of hydrogen-bond acceptors (Lipinski definition) is 2. The van der Waals surface area contributed by atoms with Crippen molar-refractivity contribution in [3.8, 4) is 0 Å². The number of halogens is 3. The highest BCUT2D eigenvalue weighted by atomic mass is 35.5. The van der Waals surface area contributed by atoms with Gasteiger partial charge in [0.05, 0.1) is 21.3 Å². The number of carbonyl (C=O) groups is 2. The second-order valence-electron chi connectivity index (χ2n) is 3.86. The SMILES string of the molecule is C=C(CCl)CN1C(=O)C(=O)c2c(Cl)ccc(Cl)c21. The van der Waals surface area contributed by atoms with Crippen LogP contribution in [0.1, 0.15) is 10.4 Å². The molecule has 0 atom stereocenters. The Morgan fingerprint density at radius 3 is 2.44 bits per heavy atom. The molecule has 1 heterocycles. The van der Waals surface area contributed by atoms with Crippen LogP contribution in [-0.2, 0) is 4.79 Å². The number of anilines is 1. The van der Waals surface area contributed by atoms with Crippen molar-refractivity contribution in [2.75, 3.05) is 17.3 Å². The first-order chi connectivity index (χ1) is 8.47. The fraction of sp³-hybridized carbons (Fsp3) is 0.167. The summed E-state index contributed by atoms with van der Waals surface area (Å²) in [7, 11) is 0. The molecule has 1 aliphatic rings. The van der Waals surface area contributed by atoms with Crippen LogP contribution >= 0.6 is 34.8 Å². The summed E-state index contributed by atoms with van der Waals surface area (Å²) in [5.74, 6) is -1.11. The maximum absolute atomic E-state index is 11.9. The van der Waals surface area contributed by atoms with E-state index < -0.39 is 11.7 Å². The molecule has 2 rings (SSSR count). The van der Waals surface area contributed by atoms with Crippen LogP contribution < -0.4 is 4.90 Å². The highest BCUT2D eigenvalue weighted by Gasteiger charge is 2.39. The summed E-state index contributed by atoms with van der Waals surface area (Å²) in [6, 6.07) is 3.04. The fourth-order valence-electron chi connectivity index (χ4n) is 1.77. The van der Waals surface area contributed by atoms with Crippen molar-refractivity contribution in [1.29, 1.82) is 0 Å². The van der Waals surface area contributed by atoms with E-state index in [0.29, 0.717) is 16.3 Å². The molecule has 1 aromatic rings. The first-order valence-electron chi connectivity index (χ1n) is 5.04. The first-order valence-corrected chi connectivity index (χ1v) is 6.33. The van der Waals surface area contributed by atoms with E-state index in [9.17, 15) is 9.59 Å². The summed E-state index contributed by atoms with van der Waals surface area (Å²) in [6.07, 6.45) is 0. The lowest BCUT2D eigenvalue weighted by molar-refractivity contribution is -0.114. The average Bonchev–Trinajstić information content (AvgIpc) is 2.60. The Balaban J connectivity index is 2.55. The van der Waals surface area contributed by atoms with Crippen molar-refractivity contribution in [3.05, 3.63) is 39.9 Å². The molecule has 0 bridgehead atoms. The van der Waals surface area contributed by atoms with Crippen LogP contribution in [0.5, 0.6) is 0 Å². The highest BCUT2D eigenvalue weighted by molar-refractivity contribution is 6.57. The van der Waals surface area contributed by atoms with E-state index >= 15 is 0 Å². The molecular formula is C12H8Cl3NO2. The summed E-state index contributed by atoms with van der Waals surface area (Å²) < 4.78 is 0. The van der Waals surface area contributed by atoms with Gasteiger partial charge in [-0.1, -0.05) is 29.8 Å². The lowest BCUT2D eigenvalue weighted by Crippen LogP contribution is -2.31. The van der Waals surface area contributed by atoms with Gasteiger partial charge in [0, 0.05) is 12.4 Å². The Kier molecular flexibility index (Phi) is 3.66. The summed E-state index contributed by atoms with van der Waals surface area (Å²) in [6.45, 7) is 3.86. The zero-order chi connectivity index (χ0) is 13.4. The number of fused-ring (bicyclic) bond motifs is 1. The number of hydrogen-bond donors (Lipinski definition) is 0. The quantitative estimate of drug-likeness (QED) is 0.488. The number of nitrogens with zero attached hydrogens (tertiary/aromatic N) is 1. The first kappa shape index (κ1) is 13.4. The molecule has 18 heavy (non-hydrogen) atoms. The van der Waals surface area contributed by atoms with Crippen molar-refractivity contribution in [2.24, 2.45) is 0 Å². The molecule has 0 aromatic heterocycles. The van der Waals surface area contributed by atoms with Crippen molar-refractivity contribution in [3.63, 3.8) is 0 Å². The van der Waals surface area contributed by atoms with Gasteiger partial charge in [0.15, 0.2) is 0 Å². The third-order valence-electron chi connectivity index (χ3n) is 2.58. The Hall–Kier alpha value is -1.03. The van der Waals surface area contributed by atoms with Crippen LogP contribution in [0.25, 0.3) is 0 Å². The lowest BCUT2D eigenvalue weighted by atomic mass is 10.1. The topological polar surface area (TPSA) is 37.4 Å². The van der Waals surface area contributed by atoms with E-state index in [1.165, 1.54) is 11.0 Å². The van der Waals surface area contributed by atoms with Crippen LogP contribution in [0.4, 0.5) is 5.69 Å². The van der Waals surface area contributed by atoms with Gasteiger partial charge < -0.3 is 0 Å². The Labute approximate surface area is 119 Å². The Morgan fingerprint density at radius 2 is 1.83 bits per heavy atom. The van der Waals surface area contributed by atoms with Gasteiger partial charge in [-0.15, -0.1) is 11.6 Å². The molecule has 1 amide bonds. The summed E-state index contributed by atoms with van der Waals surface area (Å²) in [5, 5.41) is 0.516. The van der Waals surface area contributed by atoms with Crippen LogP contribution in [0.3, 0.4) is 0 Å². The molecule has 0 N–H and O–H groups in total. The molecule has 0 saturated carbocycles. The van der Waals surface area contributed by atoms with Gasteiger partial charge in [0.1, 0.15) is 0 Å². The van der Waals surface area contributed by atoms with Gasteiger partial charge >= 0.3 is 0 Å². The molecule has 0 unspecified atom stereocenters. The van der Waals surface area contributed by atoms with Gasteiger partial charge in [-0.25, -0.2) is 0 Å². The predicted octanol–water partition coefficient (Wildman–Crippen LogP) is 3.32. The van der Waals surface area contributed by atoms with E-state index in [1.807, 2.05) is 0 Å². The normalized spacial score (nSPS) is 14.1. The Bertz CT molecular complexity index is 569. The zero-order valence-electron chi connectivity index (χ0n) is 9.17. The number of rotatable bonds is 3. The number of alkyl halides is 1. The lowest BCUT2D eigenvalue weighted by Gasteiger charge is -2.18. The van der Waals surface area contributed by atoms with Gasteiger partial charge in [-0.3, -0.25) is 14.5 Å². The minimum atomic E-state index is -0.661. The molecule has 1 aromatic carbocycles. The van der Waals surface area contributed by atoms with E-state index in [0.717, 1.165) is 0 Å². The van der Waals surface area contributed by atoms with E-state index in [1.54, 1.807) is 6.07 Å². The maximum atomic E-state index is 11.9. The zero-order valence-corrected chi connectivity index (χ0v) is 11.4. The highest BCUT2D eigenvalue weighted by Crippen LogP contribution is 2.40. The van der Waals surface area contributed by atoms with Crippen LogP contribution in [0.2, 0.25) is 10.0 Å². The third kappa shape index (κ3) is 2.03. The van der Waals surface area contributed by atoms with Gasteiger partial charge in [-0.05, 0) is 17.7 Å². The van der Waals surface area contributed by atoms with Crippen molar-refractivity contribution in [1.82, 2.24) is 0 Å². The van der Waals surface area contributed by atoms with Gasteiger partial charge in [0.2, 0.25) is 0 Å². The van der Waals surface area contributed by atoms with Gasteiger partial charge in [0.25, 0.3) is 11.7 Å². The number of carbonyl (C=O) groups excluding carboxylic acids is 2. The fourth-order valence-corrected chi connectivity index (χ4v) is 2.35. The monoisotopic (exact) mass is 303 g/mol.